The quantitative estimate of drug-likeness (QED) is 0.240. The van der Waals surface area contributed by atoms with E-state index in [9.17, 15) is 23.1 Å². The predicted molar refractivity (Wildman–Crippen MR) is 86.7 cm³/mol. The largest absolute Gasteiger partial charge is 0.480 e. The molecule has 24 heavy (non-hydrogen) atoms. The lowest BCUT2D eigenvalue weighted by molar-refractivity contribution is -0.144. The first-order valence-corrected chi connectivity index (χ1v) is 8.36. The number of aliphatic carboxylic acids is 1. The van der Waals surface area contributed by atoms with Crippen molar-refractivity contribution < 1.29 is 33.2 Å². The first kappa shape index (κ1) is 22.8. The molecule has 1 amide bonds. The summed E-state index contributed by atoms with van der Waals surface area (Å²) in [7, 11) is -5.77. The molecule has 0 aromatic rings. The van der Waals surface area contributed by atoms with Gasteiger partial charge in [-0.1, -0.05) is 13.8 Å². The number of carboxylic acids is 1. The van der Waals surface area contributed by atoms with Gasteiger partial charge in [0.15, 0.2) is 0 Å². The van der Waals surface area contributed by atoms with Crippen molar-refractivity contribution in [1.29, 1.82) is 0 Å². The monoisotopic (exact) mass is 368 g/mol. The fourth-order valence-electron chi connectivity index (χ4n) is 2.47. The Hall–Kier alpha value is -1.25. The Morgan fingerprint density at radius 1 is 1.38 bits per heavy atom. The minimum absolute atomic E-state index is 0. The van der Waals surface area contributed by atoms with Gasteiger partial charge in [-0.25, -0.2) is 4.72 Å². The van der Waals surface area contributed by atoms with Gasteiger partial charge >= 0.3 is 23.3 Å². The SMILES string of the molecule is C.NCC(=O)NS(=O)(=O)N1C[C@H](CCCB(O)O)[C@](N)(C(=O)O)C1. The summed E-state index contributed by atoms with van der Waals surface area (Å²) in [5.74, 6) is -3.02. The molecule has 1 fully saturated rings. The molecule has 140 valence electrons. The summed E-state index contributed by atoms with van der Waals surface area (Å²) in [4.78, 5) is 22.6. The zero-order valence-electron chi connectivity index (χ0n) is 12.4. The van der Waals surface area contributed by atoms with E-state index in [0.717, 1.165) is 4.31 Å². The molecule has 0 bridgehead atoms. The molecule has 1 aliphatic rings. The minimum Gasteiger partial charge on any atom is -0.480 e. The molecule has 0 unspecified atom stereocenters. The standard InChI is InChI=1S/C10H21BN4O7S.CH4/c12-4-8(16)14-23(21,22)15-5-7(2-1-3-11(19)20)10(13,6-15)9(17)18;/h7,19-20H,1-6,12-13H2,(H,14,16)(H,17,18);1H4/t7-,10-;/m0./s1. The number of nitrogens with one attached hydrogen (secondary N) is 1. The maximum atomic E-state index is 12.1. The number of hydrogen-bond donors (Lipinski definition) is 6. The number of hydrogen-bond acceptors (Lipinski definition) is 8. The van der Waals surface area contributed by atoms with E-state index in [1.54, 1.807) is 4.72 Å². The van der Waals surface area contributed by atoms with Crippen LogP contribution in [0.2, 0.25) is 6.32 Å². The third kappa shape index (κ3) is 5.39. The molecule has 1 saturated heterocycles. The van der Waals surface area contributed by atoms with Gasteiger partial charge in [0.1, 0.15) is 5.54 Å². The summed E-state index contributed by atoms with van der Waals surface area (Å²) < 4.78 is 26.6. The van der Waals surface area contributed by atoms with Crippen LogP contribution in [0, 0.1) is 5.92 Å². The lowest BCUT2D eigenvalue weighted by Gasteiger charge is -2.25. The van der Waals surface area contributed by atoms with Crippen molar-refractivity contribution in [3.8, 4) is 0 Å². The van der Waals surface area contributed by atoms with E-state index < -0.39 is 53.8 Å². The van der Waals surface area contributed by atoms with Crippen LogP contribution in [0.5, 0.6) is 0 Å². The van der Waals surface area contributed by atoms with E-state index in [1.165, 1.54) is 0 Å². The highest BCUT2D eigenvalue weighted by atomic mass is 32.2. The van der Waals surface area contributed by atoms with E-state index in [0.29, 0.717) is 0 Å². The number of nitrogens with two attached hydrogens (primary N) is 2. The molecule has 1 rings (SSSR count). The predicted octanol–water partition coefficient (Wildman–Crippen LogP) is -3.09. The van der Waals surface area contributed by atoms with Crippen LogP contribution in [0.4, 0.5) is 0 Å². The van der Waals surface area contributed by atoms with Gasteiger partial charge < -0.3 is 26.6 Å². The van der Waals surface area contributed by atoms with Gasteiger partial charge in [0.25, 0.3) is 0 Å². The minimum atomic E-state index is -4.24. The second-order valence-corrected chi connectivity index (χ2v) is 7.15. The zero-order chi connectivity index (χ0) is 17.8. The van der Waals surface area contributed by atoms with Crippen molar-refractivity contribution in [2.75, 3.05) is 19.6 Å². The summed E-state index contributed by atoms with van der Waals surface area (Å²) in [6, 6.07) is 0. The lowest BCUT2D eigenvalue weighted by Crippen LogP contribution is -2.55. The molecule has 13 heteroatoms. The van der Waals surface area contributed by atoms with Gasteiger partial charge in [0.2, 0.25) is 5.91 Å². The molecule has 8 N–H and O–H groups in total. The lowest BCUT2D eigenvalue weighted by atomic mass is 9.78. The van der Waals surface area contributed by atoms with Crippen molar-refractivity contribution in [1.82, 2.24) is 9.03 Å². The number of nitrogens with zero attached hydrogens (tertiary/aromatic N) is 1. The van der Waals surface area contributed by atoms with Crippen molar-refractivity contribution in [3.05, 3.63) is 0 Å². The average molecular weight is 368 g/mol. The Morgan fingerprint density at radius 3 is 2.42 bits per heavy atom. The van der Waals surface area contributed by atoms with Crippen LogP contribution >= 0.6 is 0 Å². The van der Waals surface area contributed by atoms with Crippen LogP contribution in [0.3, 0.4) is 0 Å². The Bertz CT molecular complexity index is 559. The van der Waals surface area contributed by atoms with Crippen LogP contribution in [0.15, 0.2) is 0 Å². The molecule has 0 aliphatic carbocycles. The van der Waals surface area contributed by atoms with Gasteiger partial charge in [0, 0.05) is 19.0 Å². The highest BCUT2D eigenvalue weighted by Crippen LogP contribution is 2.31. The highest BCUT2D eigenvalue weighted by molar-refractivity contribution is 7.87. The van der Waals surface area contributed by atoms with Crippen LogP contribution in [0.1, 0.15) is 20.3 Å². The number of carbonyl (C=O) groups excluding carboxylic acids is 1. The van der Waals surface area contributed by atoms with E-state index in [1.807, 2.05) is 0 Å². The van der Waals surface area contributed by atoms with E-state index >= 15 is 0 Å². The first-order valence-electron chi connectivity index (χ1n) is 6.92. The first-order chi connectivity index (χ1) is 10.5. The normalized spacial score (nSPS) is 24.2. The van der Waals surface area contributed by atoms with Gasteiger partial charge in [0.05, 0.1) is 6.54 Å². The molecule has 0 saturated carbocycles. The van der Waals surface area contributed by atoms with Gasteiger partial charge in [-0.2, -0.15) is 12.7 Å². The third-order valence-corrected chi connectivity index (χ3v) is 5.22. The third-order valence-electron chi connectivity index (χ3n) is 3.77. The second-order valence-electron chi connectivity index (χ2n) is 5.48. The van der Waals surface area contributed by atoms with Crippen molar-refractivity contribution in [3.63, 3.8) is 0 Å². The Kier molecular flexibility index (Phi) is 8.28. The molecule has 0 radical (unpaired) electrons. The summed E-state index contributed by atoms with van der Waals surface area (Å²) >= 11 is 0. The van der Waals surface area contributed by atoms with Crippen molar-refractivity contribution >= 4 is 29.2 Å². The van der Waals surface area contributed by atoms with Crippen molar-refractivity contribution in [2.45, 2.75) is 32.1 Å². The summed E-state index contributed by atoms with van der Waals surface area (Å²) in [5.41, 5.74) is 9.07. The van der Waals surface area contributed by atoms with E-state index in [2.05, 4.69) is 0 Å². The smallest absolute Gasteiger partial charge is 0.451 e. The summed E-state index contributed by atoms with van der Waals surface area (Å²) in [6.07, 6.45) is 0.470. The van der Waals surface area contributed by atoms with Gasteiger partial charge in [-0.3, -0.25) is 9.59 Å². The highest BCUT2D eigenvalue weighted by Gasteiger charge is 2.52. The van der Waals surface area contributed by atoms with Gasteiger partial charge in [-0.05, 0) is 12.7 Å². The molecule has 0 aromatic carbocycles. The molecule has 0 spiro atoms. The number of amides is 1. The van der Waals surface area contributed by atoms with Gasteiger partial charge in [-0.15, -0.1) is 0 Å². The molecule has 2 atom stereocenters. The number of carboxylic acid groups (broad SMARTS) is 1. The van der Waals surface area contributed by atoms with E-state index in [4.69, 9.17) is 21.5 Å². The number of rotatable bonds is 8. The maximum absolute atomic E-state index is 12.1. The molecule has 1 heterocycles. The van der Waals surface area contributed by atoms with Crippen LogP contribution in [-0.4, -0.2) is 72.0 Å². The average Bonchev–Trinajstić information content (AvgIpc) is 2.77. The Labute approximate surface area is 141 Å². The summed E-state index contributed by atoms with van der Waals surface area (Å²) in [6.45, 7) is -1.23. The van der Waals surface area contributed by atoms with E-state index in [-0.39, 0.29) is 33.1 Å². The van der Waals surface area contributed by atoms with Crippen LogP contribution < -0.4 is 16.2 Å². The Balaban J connectivity index is 0.00000529. The van der Waals surface area contributed by atoms with Crippen LogP contribution in [-0.2, 0) is 19.8 Å². The molecular weight excluding hydrogens is 343 g/mol. The number of carbonyl (C=O) groups is 2. The maximum Gasteiger partial charge on any atom is 0.451 e. The second kappa shape index (κ2) is 8.73. The molecular formula is C11H25BN4O7S. The zero-order valence-corrected chi connectivity index (χ0v) is 13.2. The fourth-order valence-corrected chi connectivity index (χ4v) is 3.73. The molecule has 0 aromatic heterocycles. The molecule has 11 nitrogen and oxygen atoms in total. The topological polar surface area (TPSA) is 196 Å². The Morgan fingerprint density at radius 2 is 1.96 bits per heavy atom. The summed E-state index contributed by atoms with van der Waals surface area (Å²) in [5, 5.41) is 26.9. The van der Waals surface area contributed by atoms with Crippen molar-refractivity contribution in [2.24, 2.45) is 17.4 Å². The molecule has 1 aliphatic heterocycles. The fraction of sp³-hybridized carbons (Fsp3) is 0.818. The van der Waals surface area contributed by atoms with Crippen LogP contribution in [0.25, 0.3) is 0 Å².